The predicted octanol–water partition coefficient (Wildman–Crippen LogP) is 2.76. The first-order valence-electron chi connectivity index (χ1n) is 11.4. The lowest BCUT2D eigenvalue weighted by Crippen LogP contribution is -2.36. The molecule has 3 heterocycles. The molecule has 1 aliphatic carbocycles. The molecule has 1 saturated heterocycles. The molecule has 0 spiro atoms. The minimum Gasteiger partial charge on any atom is -0.488 e. The van der Waals surface area contributed by atoms with Crippen molar-refractivity contribution < 1.29 is 14.3 Å². The van der Waals surface area contributed by atoms with Gasteiger partial charge in [0, 0.05) is 49.5 Å². The third kappa shape index (κ3) is 4.98. The van der Waals surface area contributed by atoms with Crippen LogP contribution in [0.4, 0.5) is 11.5 Å². The first kappa shape index (κ1) is 21.4. The Morgan fingerprint density at radius 3 is 2.58 bits per heavy atom. The standard InChI is InChI=1S/C24H28N6O3/c25-24(31)16-1-6-22(28-15-16)29-17-2-4-19(5-3-17)33-21-14-18(30-9-11-32-12-10-30)13-20-23(21)27-8-7-26-20/h1,6-8,13-15,17,19H,2-5,9-12H2,(H2,25,31)(H,28,29)/t17-,19+. The zero-order valence-corrected chi connectivity index (χ0v) is 18.4. The van der Waals surface area contributed by atoms with Crippen LogP contribution in [-0.4, -0.2) is 59.3 Å². The van der Waals surface area contributed by atoms with E-state index >= 15 is 0 Å². The van der Waals surface area contributed by atoms with Crippen LogP contribution in [-0.2, 0) is 4.74 Å². The number of ether oxygens (including phenoxy) is 2. The van der Waals surface area contributed by atoms with E-state index in [1.807, 2.05) is 0 Å². The second-order valence-electron chi connectivity index (χ2n) is 8.50. The Hall–Kier alpha value is -3.46. The van der Waals surface area contributed by atoms with Crippen molar-refractivity contribution in [3.8, 4) is 5.75 Å². The summed E-state index contributed by atoms with van der Waals surface area (Å²) in [7, 11) is 0. The van der Waals surface area contributed by atoms with Crippen LogP contribution in [0.5, 0.6) is 5.75 Å². The number of fused-ring (bicyclic) bond motifs is 1. The van der Waals surface area contributed by atoms with Crippen molar-refractivity contribution in [1.29, 1.82) is 0 Å². The molecule has 2 fully saturated rings. The maximum absolute atomic E-state index is 11.2. The van der Waals surface area contributed by atoms with Gasteiger partial charge >= 0.3 is 0 Å². The number of pyridine rings is 1. The van der Waals surface area contributed by atoms with Crippen LogP contribution in [0.25, 0.3) is 11.0 Å². The summed E-state index contributed by atoms with van der Waals surface area (Å²) in [5.74, 6) is 1.08. The SMILES string of the molecule is NC(=O)c1ccc(N[C@H]2CC[C@@H](Oc3cc(N4CCOCC4)cc4nccnc34)CC2)nc1. The van der Waals surface area contributed by atoms with Gasteiger partial charge in [-0.3, -0.25) is 9.78 Å². The number of hydrogen-bond acceptors (Lipinski definition) is 8. The minimum absolute atomic E-state index is 0.124. The van der Waals surface area contributed by atoms with Gasteiger partial charge in [0.1, 0.15) is 17.1 Å². The summed E-state index contributed by atoms with van der Waals surface area (Å²) < 4.78 is 12.0. The Balaban J connectivity index is 1.24. The van der Waals surface area contributed by atoms with Gasteiger partial charge in [-0.15, -0.1) is 0 Å². The summed E-state index contributed by atoms with van der Waals surface area (Å²) in [6.45, 7) is 3.17. The number of nitrogens with two attached hydrogens (primary N) is 1. The number of benzene rings is 1. The molecule has 3 N–H and O–H groups in total. The molecule has 2 aromatic heterocycles. The molecular weight excluding hydrogens is 420 g/mol. The largest absolute Gasteiger partial charge is 0.488 e. The summed E-state index contributed by atoms with van der Waals surface area (Å²) in [6, 6.07) is 7.98. The van der Waals surface area contributed by atoms with Crippen molar-refractivity contribution in [2.24, 2.45) is 5.73 Å². The number of amides is 1. The topological polar surface area (TPSA) is 115 Å². The van der Waals surface area contributed by atoms with Gasteiger partial charge in [-0.25, -0.2) is 9.97 Å². The molecule has 3 aromatic rings. The summed E-state index contributed by atoms with van der Waals surface area (Å²) >= 11 is 0. The number of carbonyl (C=O) groups is 1. The lowest BCUT2D eigenvalue weighted by molar-refractivity contribution is 0.1000. The van der Waals surface area contributed by atoms with E-state index in [4.69, 9.17) is 15.2 Å². The normalized spacial score (nSPS) is 21.0. The molecule has 1 aromatic carbocycles. The first-order valence-corrected chi connectivity index (χ1v) is 11.4. The Kier molecular flexibility index (Phi) is 6.21. The molecule has 1 aliphatic heterocycles. The van der Waals surface area contributed by atoms with E-state index in [0.717, 1.165) is 80.3 Å². The molecule has 172 valence electrons. The van der Waals surface area contributed by atoms with Crippen molar-refractivity contribution in [3.63, 3.8) is 0 Å². The van der Waals surface area contributed by atoms with Gasteiger partial charge in [-0.05, 0) is 43.9 Å². The van der Waals surface area contributed by atoms with Gasteiger partial charge < -0.3 is 25.4 Å². The lowest BCUT2D eigenvalue weighted by Gasteiger charge is -2.31. The molecule has 0 radical (unpaired) electrons. The summed E-state index contributed by atoms with van der Waals surface area (Å²) in [6.07, 6.45) is 8.86. The second-order valence-corrected chi connectivity index (χ2v) is 8.50. The average Bonchev–Trinajstić information content (AvgIpc) is 2.86. The zero-order chi connectivity index (χ0) is 22.6. The molecular formula is C24H28N6O3. The van der Waals surface area contributed by atoms with Crippen molar-refractivity contribution in [2.75, 3.05) is 36.5 Å². The maximum atomic E-state index is 11.2. The van der Waals surface area contributed by atoms with Crippen LogP contribution in [0.2, 0.25) is 0 Å². The number of hydrogen-bond donors (Lipinski definition) is 2. The van der Waals surface area contributed by atoms with E-state index in [-0.39, 0.29) is 6.10 Å². The highest BCUT2D eigenvalue weighted by molar-refractivity contribution is 5.92. The van der Waals surface area contributed by atoms with Crippen LogP contribution in [0.1, 0.15) is 36.0 Å². The highest BCUT2D eigenvalue weighted by Crippen LogP contribution is 2.33. The molecule has 1 saturated carbocycles. The summed E-state index contributed by atoms with van der Waals surface area (Å²) in [5.41, 5.74) is 8.44. The lowest BCUT2D eigenvalue weighted by atomic mass is 9.93. The quantitative estimate of drug-likeness (QED) is 0.591. The monoisotopic (exact) mass is 448 g/mol. The smallest absolute Gasteiger partial charge is 0.250 e. The predicted molar refractivity (Wildman–Crippen MR) is 126 cm³/mol. The van der Waals surface area contributed by atoms with Gasteiger partial charge in [-0.1, -0.05) is 0 Å². The minimum atomic E-state index is -0.471. The molecule has 0 bridgehead atoms. The van der Waals surface area contributed by atoms with E-state index in [1.54, 1.807) is 24.5 Å². The third-order valence-electron chi connectivity index (χ3n) is 6.27. The fourth-order valence-corrected chi connectivity index (χ4v) is 4.46. The number of primary amides is 1. The summed E-state index contributed by atoms with van der Waals surface area (Å²) in [4.78, 5) is 26.9. The van der Waals surface area contributed by atoms with E-state index in [9.17, 15) is 4.79 Å². The summed E-state index contributed by atoms with van der Waals surface area (Å²) in [5, 5.41) is 3.45. The van der Waals surface area contributed by atoms with E-state index < -0.39 is 5.91 Å². The van der Waals surface area contributed by atoms with Crippen LogP contribution in [0.15, 0.2) is 42.9 Å². The van der Waals surface area contributed by atoms with Crippen LogP contribution in [0.3, 0.4) is 0 Å². The maximum Gasteiger partial charge on any atom is 0.250 e. The molecule has 1 amide bonds. The number of rotatable bonds is 6. The molecule has 33 heavy (non-hydrogen) atoms. The van der Waals surface area contributed by atoms with E-state index in [1.165, 1.54) is 6.20 Å². The van der Waals surface area contributed by atoms with Crippen LogP contribution in [0, 0.1) is 0 Å². The molecule has 2 aliphatic rings. The van der Waals surface area contributed by atoms with E-state index in [0.29, 0.717) is 11.6 Å². The van der Waals surface area contributed by atoms with Crippen molar-refractivity contribution in [3.05, 3.63) is 48.4 Å². The number of aromatic nitrogens is 3. The molecule has 0 unspecified atom stereocenters. The Bertz CT molecular complexity index is 1110. The fourth-order valence-electron chi connectivity index (χ4n) is 4.46. The zero-order valence-electron chi connectivity index (χ0n) is 18.4. The highest BCUT2D eigenvalue weighted by atomic mass is 16.5. The highest BCUT2D eigenvalue weighted by Gasteiger charge is 2.24. The molecule has 9 heteroatoms. The average molecular weight is 449 g/mol. The van der Waals surface area contributed by atoms with Crippen LogP contribution >= 0.6 is 0 Å². The van der Waals surface area contributed by atoms with Crippen molar-refractivity contribution in [1.82, 2.24) is 15.0 Å². The van der Waals surface area contributed by atoms with Gasteiger partial charge in [0.25, 0.3) is 0 Å². The number of nitrogens with one attached hydrogen (secondary N) is 1. The van der Waals surface area contributed by atoms with Gasteiger partial charge in [0.05, 0.1) is 30.4 Å². The number of nitrogens with zero attached hydrogens (tertiary/aromatic N) is 4. The number of carbonyl (C=O) groups excluding carboxylic acids is 1. The first-order chi connectivity index (χ1) is 16.2. The van der Waals surface area contributed by atoms with Crippen LogP contribution < -0.4 is 20.7 Å². The van der Waals surface area contributed by atoms with Gasteiger partial charge in [-0.2, -0.15) is 0 Å². The van der Waals surface area contributed by atoms with Gasteiger partial charge in [0.2, 0.25) is 5.91 Å². The van der Waals surface area contributed by atoms with Crippen molar-refractivity contribution in [2.45, 2.75) is 37.8 Å². The number of morpholine rings is 1. The van der Waals surface area contributed by atoms with Crippen molar-refractivity contribution >= 4 is 28.4 Å². The Morgan fingerprint density at radius 2 is 1.85 bits per heavy atom. The number of anilines is 2. The molecule has 0 atom stereocenters. The second kappa shape index (κ2) is 9.58. The fraction of sp³-hybridized carbons (Fsp3) is 0.417. The molecule has 5 rings (SSSR count). The van der Waals surface area contributed by atoms with Gasteiger partial charge in [0.15, 0.2) is 0 Å². The third-order valence-corrected chi connectivity index (χ3v) is 6.27. The Morgan fingerprint density at radius 1 is 1.06 bits per heavy atom. The van der Waals surface area contributed by atoms with E-state index in [2.05, 4.69) is 37.3 Å². The Labute approximate surface area is 192 Å². The molecule has 9 nitrogen and oxygen atoms in total.